The maximum absolute atomic E-state index is 13.2. The third-order valence-corrected chi connectivity index (χ3v) is 5.02. The average Bonchev–Trinajstić information content (AvgIpc) is 3.25. The number of fused-ring (bicyclic) bond motifs is 1. The maximum Gasteiger partial charge on any atom is 0.277 e. The number of ether oxygens (including phenoxy) is 1. The molecule has 136 valence electrons. The van der Waals surface area contributed by atoms with Crippen LogP contribution >= 0.6 is 0 Å². The van der Waals surface area contributed by atoms with Crippen LogP contribution in [-0.2, 0) is 11.2 Å². The molecule has 1 N–H and O–H groups in total. The van der Waals surface area contributed by atoms with E-state index in [9.17, 15) is 4.79 Å². The molecule has 0 radical (unpaired) electrons. The van der Waals surface area contributed by atoms with E-state index in [4.69, 9.17) is 4.74 Å². The van der Waals surface area contributed by atoms with Gasteiger partial charge in [0.25, 0.3) is 5.91 Å². The first-order valence-electron chi connectivity index (χ1n) is 9.24. The lowest BCUT2D eigenvalue weighted by Crippen LogP contribution is -2.36. The summed E-state index contributed by atoms with van der Waals surface area (Å²) in [6, 6.07) is 9.94. The number of nitrogens with one attached hydrogen (secondary N) is 1. The number of carbonyl (C=O) groups excluding carboxylic acids is 1. The molecule has 6 nitrogen and oxygen atoms in total. The zero-order valence-corrected chi connectivity index (χ0v) is 15.2. The monoisotopic (exact) mass is 352 g/mol. The van der Waals surface area contributed by atoms with Gasteiger partial charge in [-0.05, 0) is 44.7 Å². The summed E-state index contributed by atoms with van der Waals surface area (Å²) in [4.78, 5) is 23.8. The summed E-state index contributed by atoms with van der Waals surface area (Å²) in [5.74, 6) is 1.19. The highest BCUT2D eigenvalue weighted by Crippen LogP contribution is 2.33. The summed E-state index contributed by atoms with van der Waals surface area (Å²) in [5, 5.41) is 3.30. The Bertz CT molecular complexity index is 817. The molecule has 2 aliphatic rings. The van der Waals surface area contributed by atoms with Crippen LogP contribution in [0.15, 0.2) is 30.3 Å². The van der Waals surface area contributed by atoms with Gasteiger partial charge in [-0.1, -0.05) is 18.2 Å². The summed E-state index contributed by atoms with van der Waals surface area (Å²) in [6.45, 7) is 5.41. The Morgan fingerprint density at radius 1 is 1.35 bits per heavy atom. The lowest BCUT2D eigenvalue weighted by Gasteiger charge is -2.22. The van der Waals surface area contributed by atoms with Crippen molar-refractivity contribution in [2.75, 3.05) is 23.4 Å². The van der Waals surface area contributed by atoms with Crippen LogP contribution in [0, 0.1) is 6.92 Å². The summed E-state index contributed by atoms with van der Waals surface area (Å²) in [6.07, 6.45) is 3.25. The Balaban J connectivity index is 1.56. The van der Waals surface area contributed by atoms with Crippen molar-refractivity contribution in [3.8, 4) is 0 Å². The van der Waals surface area contributed by atoms with E-state index in [-0.39, 0.29) is 18.1 Å². The smallest absolute Gasteiger partial charge is 0.277 e. The molecule has 2 aromatic rings. The molecule has 0 saturated carbocycles. The Morgan fingerprint density at radius 2 is 2.19 bits per heavy atom. The van der Waals surface area contributed by atoms with E-state index in [1.807, 2.05) is 30.0 Å². The number of carbonyl (C=O) groups is 1. The number of aromatic nitrogens is 2. The summed E-state index contributed by atoms with van der Waals surface area (Å²) < 4.78 is 5.64. The molecule has 1 aromatic carbocycles. The van der Waals surface area contributed by atoms with E-state index in [2.05, 4.69) is 28.3 Å². The topological polar surface area (TPSA) is 67.4 Å². The largest absolute Gasteiger partial charge is 0.376 e. The van der Waals surface area contributed by atoms with Crippen LogP contribution in [-0.4, -0.2) is 41.2 Å². The second-order valence-corrected chi connectivity index (χ2v) is 7.06. The van der Waals surface area contributed by atoms with Crippen molar-refractivity contribution in [2.24, 2.45) is 0 Å². The lowest BCUT2D eigenvalue weighted by molar-refractivity contribution is 0.0976. The number of para-hydroxylation sites is 1. The van der Waals surface area contributed by atoms with Crippen LogP contribution in [0.25, 0.3) is 0 Å². The minimum atomic E-state index is -0.0758. The summed E-state index contributed by atoms with van der Waals surface area (Å²) in [5.41, 5.74) is 2.61. The van der Waals surface area contributed by atoms with Gasteiger partial charge in [-0.2, -0.15) is 0 Å². The Morgan fingerprint density at radius 3 is 3.00 bits per heavy atom. The van der Waals surface area contributed by atoms with Crippen LogP contribution < -0.4 is 10.2 Å². The van der Waals surface area contributed by atoms with E-state index >= 15 is 0 Å². The second kappa shape index (κ2) is 7.03. The summed E-state index contributed by atoms with van der Waals surface area (Å²) in [7, 11) is 0. The number of amides is 1. The van der Waals surface area contributed by atoms with Gasteiger partial charge in [-0.3, -0.25) is 4.79 Å². The van der Waals surface area contributed by atoms with Crippen molar-refractivity contribution in [1.29, 1.82) is 0 Å². The number of hydrogen-bond acceptors (Lipinski definition) is 5. The van der Waals surface area contributed by atoms with E-state index in [0.29, 0.717) is 23.9 Å². The lowest BCUT2D eigenvalue weighted by atomic mass is 10.1. The standard InChI is InChI=1S/C20H24N4O2/c1-13-10-15-6-3-4-8-18(15)24(13)20(25)17-11-19(23-14(2)22-17)21-12-16-7-5-9-26-16/h3-4,6,8,11,13,16H,5,7,9-10,12H2,1-2H3,(H,21,22,23). The quantitative estimate of drug-likeness (QED) is 0.916. The third kappa shape index (κ3) is 3.29. The van der Waals surface area contributed by atoms with Gasteiger partial charge >= 0.3 is 0 Å². The molecular weight excluding hydrogens is 328 g/mol. The van der Waals surface area contributed by atoms with Crippen LogP contribution in [0.1, 0.15) is 41.6 Å². The first-order chi connectivity index (χ1) is 12.6. The molecule has 1 fully saturated rings. The van der Waals surface area contributed by atoms with Gasteiger partial charge in [0.05, 0.1) is 6.10 Å². The second-order valence-electron chi connectivity index (χ2n) is 7.06. The number of benzene rings is 1. The summed E-state index contributed by atoms with van der Waals surface area (Å²) >= 11 is 0. The molecule has 26 heavy (non-hydrogen) atoms. The molecule has 4 rings (SSSR count). The van der Waals surface area contributed by atoms with Crippen molar-refractivity contribution in [3.63, 3.8) is 0 Å². The first kappa shape index (κ1) is 17.0. The van der Waals surface area contributed by atoms with Crippen molar-refractivity contribution in [3.05, 3.63) is 47.4 Å². The molecule has 2 unspecified atom stereocenters. The van der Waals surface area contributed by atoms with Crippen LogP contribution in [0.3, 0.4) is 0 Å². The van der Waals surface area contributed by atoms with Crippen molar-refractivity contribution in [1.82, 2.24) is 9.97 Å². The molecule has 0 bridgehead atoms. The van der Waals surface area contributed by atoms with E-state index in [1.54, 1.807) is 6.07 Å². The molecule has 1 saturated heterocycles. The third-order valence-electron chi connectivity index (χ3n) is 5.02. The number of hydrogen-bond donors (Lipinski definition) is 1. The highest BCUT2D eigenvalue weighted by molar-refractivity contribution is 6.06. The van der Waals surface area contributed by atoms with Crippen LogP contribution in [0.4, 0.5) is 11.5 Å². The van der Waals surface area contributed by atoms with Gasteiger partial charge in [-0.15, -0.1) is 0 Å². The van der Waals surface area contributed by atoms with Crippen molar-refractivity contribution >= 4 is 17.4 Å². The predicted octanol–water partition coefficient (Wildman–Crippen LogP) is 2.97. The van der Waals surface area contributed by atoms with Crippen molar-refractivity contribution < 1.29 is 9.53 Å². The van der Waals surface area contributed by atoms with E-state index in [0.717, 1.165) is 31.6 Å². The van der Waals surface area contributed by atoms with Crippen LogP contribution in [0.2, 0.25) is 0 Å². The molecule has 1 amide bonds. The van der Waals surface area contributed by atoms with Gasteiger partial charge < -0.3 is 15.0 Å². The predicted molar refractivity (Wildman–Crippen MR) is 101 cm³/mol. The van der Waals surface area contributed by atoms with E-state index in [1.165, 1.54) is 5.56 Å². The first-order valence-corrected chi connectivity index (χ1v) is 9.24. The normalized spacial score (nSPS) is 21.7. The van der Waals surface area contributed by atoms with Gasteiger partial charge in [0.1, 0.15) is 17.3 Å². The van der Waals surface area contributed by atoms with Gasteiger partial charge in [0, 0.05) is 30.9 Å². The number of aryl methyl sites for hydroxylation is 1. The fourth-order valence-electron chi connectivity index (χ4n) is 3.79. The fraction of sp³-hybridized carbons (Fsp3) is 0.450. The highest BCUT2D eigenvalue weighted by atomic mass is 16.5. The highest BCUT2D eigenvalue weighted by Gasteiger charge is 2.32. The van der Waals surface area contributed by atoms with Crippen LogP contribution in [0.5, 0.6) is 0 Å². The zero-order valence-electron chi connectivity index (χ0n) is 15.2. The molecule has 1 aromatic heterocycles. The van der Waals surface area contributed by atoms with Crippen molar-refractivity contribution in [2.45, 2.75) is 45.3 Å². The molecule has 2 aliphatic heterocycles. The number of rotatable bonds is 4. The molecule has 2 atom stereocenters. The molecule has 6 heteroatoms. The molecule has 0 aliphatic carbocycles. The zero-order chi connectivity index (χ0) is 18.1. The SMILES string of the molecule is Cc1nc(NCC2CCCO2)cc(C(=O)N2c3ccccc3CC2C)n1. The Hall–Kier alpha value is -2.47. The van der Waals surface area contributed by atoms with E-state index < -0.39 is 0 Å². The number of anilines is 2. The molecular formula is C20H24N4O2. The fourth-order valence-corrected chi connectivity index (χ4v) is 3.79. The van der Waals surface area contributed by atoms with Gasteiger partial charge in [0.2, 0.25) is 0 Å². The van der Waals surface area contributed by atoms with Gasteiger partial charge in [0.15, 0.2) is 0 Å². The Kier molecular flexibility index (Phi) is 4.59. The minimum Gasteiger partial charge on any atom is -0.376 e. The number of nitrogens with zero attached hydrogens (tertiary/aromatic N) is 3. The van der Waals surface area contributed by atoms with Gasteiger partial charge in [-0.25, -0.2) is 9.97 Å². The average molecular weight is 352 g/mol. The minimum absolute atomic E-state index is 0.0758. The molecule has 3 heterocycles. The molecule has 0 spiro atoms. The Labute approximate surface area is 153 Å². The maximum atomic E-state index is 13.2.